The Bertz CT molecular complexity index is 610. The van der Waals surface area contributed by atoms with Crippen molar-refractivity contribution in [1.82, 2.24) is 20.1 Å². The van der Waals surface area contributed by atoms with Crippen LogP contribution in [-0.4, -0.2) is 20.7 Å². The quantitative estimate of drug-likeness (QED) is 0.841. The molecule has 2 aromatic rings. The smallest absolute Gasteiger partial charge is 0.251 e. The molecule has 1 aromatic carbocycles. The first-order chi connectivity index (χ1) is 8.99. The summed E-state index contributed by atoms with van der Waals surface area (Å²) in [6.45, 7) is 1.85. The second-order valence-corrected chi connectivity index (χ2v) is 5.09. The van der Waals surface area contributed by atoms with Crippen molar-refractivity contribution in [3.05, 3.63) is 40.4 Å². The van der Waals surface area contributed by atoms with Gasteiger partial charge >= 0.3 is 0 Å². The number of carbonyl (C=O) groups is 1. The topological polar surface area (TPSA) is 85.8 Å². The number of aromatic nitrogens is 3. The monoisotopic (exact) mass is 323 g/mol. The van der Waals surface area contributed by atoms with Crippen molar-refractivity contribution in [2.24, 2.45) is 7.05 Å². The van der Waals surface area contributed by atoms with E-state index in [1.807, 2.05) is 14.0 Å². The molecule has 19 heavy (non-hydrogen) atoms. The molecule has 0 aliphatic heterocycles. The van der Waals surface area contributed by atoms with Crippen LogP contribution in [0.15, 0.2) is 29.0 Å². The molecule has 3 N–H and O–H groups in total. The van der Waals surface area contributed by atoms with Gasteiger partial charge in [-0.15, -0.1) is 10.2 Å². The number of nitrogen functional groups attached to an aromatic ring is 1. The Labute approximate surface area is 119 Å². The molecule has 0 radical (unpaired) electrons. The molecule has 1 atom stereocenters. The molecule has 1 unspecified atom stereocenters. The number of nitrogens with one attached hydrogen (secondary N) is 1. The number of halogens is 1. The van der Waals surface area contributed by atoms with Crippen molar-refractivity contribution in [3.8, 4) is 0 Å². The van der Waals surface area contributed by atoms with Gasteiger partial charge in [-0.2, -0.15) is 0 Å². The van der Waals surface area contributed by atoms with Crippen molar-refractivity contribution < 1.29 is 4.79 Å². The van der Waals surface area contributed by atoms with Crippen LogP contribution in [0.5, 0.6) is 0 Å². The van der Waals surface area contributed by atoms with E-state index in [2.05, 4.69) is 31.4 Å². The summed E-state index contributed by atoms with van der Waals surface area (Å²) in [5, 5.41) is 10.6. The van der Waals surface area contributed by atoms with E-state index in [1.54, 1.807) is 29.1 Å². The summed E-state index contributed by atoms with van der Waals surface area (Å²) in [4.78, 5) is 12.1. The van der Waals surface area contributed by atoms with E-state index in [0.717, 1.165) is 4.47 Å². The minimum Gasteiger partial charge on any atom is -0.398 e. The second-order valence-electron chi connectivity index (χ2n) is 4.23. The fourth-order valence-corrected chi connectivity index (χ4v) is 1.96. The summed E-state index contributed by atoms with van der Waals surface area (Å²) in [5.41, 5.74) is 6.79. The highest BCUT2D eigenvalue weighted by molar-refractivity contribution is 9.10. The SMILES string of the molecule is CC(NC(=O)c1ccc(Br)c(N)c1)c1nncn1C. The molecular weight excluding hydrogens is 310 g/mol. The third-order valence-corrected chi connectivity index (χ3v) is 3.46. The van der Waals surface area contributed by atoms with Gasteiger partial charge in [-0.05, 0) is 41.1 Å². The maximum Gasteiger partial charge on any atom is 0.251 e. The van der Waals surface area contributed by atoms with Crippen LogP contribution < -0.4 is 11.1 Å². The Kier molecular flexibility index (Phi) is 3.84. The fraction of sp³-hybridized carbons (Fsp3) is 0.250. The van der Waals surface area contributed by atoms with Crippen LogP contribution in [0.1, 0.15) is 29.1 Å². The van der Waals surface area contributed by atoms with Crippen LogP contribution in [0.2, 0.25) is 0 Å². The molecule has 1 aromatic heterocycles. The number of hydrogen-bond acceptors (Lipinski definition) is 4. The van der Waals surface area contributed by atoms with Crippen molar-refractivity contribution in [1.29, 1.82) is 0 Å². The van der Waals surface area contributed by atoms with E-state index in [9.17, 15) is 4.79 Å². The lowest BCUT2D eigenvalue weighted by atomic mass is 10.2. The Balaban J connectivity index is 2.13. The van der Waals surface area contributed by atoms with Gasteiger partial charge in [0.05, 0.1) is 6.04 Å². The predicted molar refractivity (Wildman–Crippen MR) is 75.4 cm³/mol. The van der Waals surface area contributed by atoms with Gasteiger partial charge in [0, 0.05) is 22.8 Å². The highest BCUT2D eigenvalue weighted by Crippen LogP contribution is 2.20. The van der Waals surface area contributed by atoms with E-state index in [1.165, 1.54) is 0 Å². The number of benzene rings is 1. The first kappa shape index (κ1) is 13.5. The molecule has 1 heterocycles. The Morgan fingerprint density at radius 3 is 2.84 bits per heavy atom. The lowest BCUT2D eigenvalue weighted by molar-refractivity contribution is 0.0938. The predicted octanol–water partition coefficient (Wildman–Crippen LogP) is 1.65. The Morgan fingerprint density at radius 2 is 2.26 bits per heavy atom. The molecular formula is C12H14BrN5O. The van der Waals surface area contributed by atoms with Gasteiger partial charge in [-0.25, -0.2) is 0 Å². The van der Waals surface area contributed by atoms with Crippen LogP contribution in [0.4, 0.5) is 5.69 Å². The van der Waals surface area contributed by atoms with Crippen LogP contribution in [-0.2, 0) is 7.05 Å². The molecule has 100 valence electrons. The van der Waals surface area contributed by atoms with Gasteiger partial charge in [0.1, 0.15) is 6.33 Å². The summed E-state index contributed by atoms with van der Waals surface area (Å²) in [6, 6.07) is 4.85. The number of amides is 1. The number of hydrogen-bond donors (Lipinski definition) is 2. The highest BCUT2D eigenvalue weighted by Gasteiger charge is 2.15. The van der Waals surface area contributed by atoms with Crippen LogP contribution in [0, 0.1) is 0 Å². The largest absolute Gasteiger partial charge is 0.398 e. The molecule has 0 bridgehead atoms. The average molecular weight is 324 g/mol. The van der Waals surface area contributed by atoms with Crippen LogP contribution in [0.25, 0.3) is 0 Å². The third-order valence-electron chi connectivity index (χ3n) is 2.74. The van der Waals surface area contributed by atoms with Crippen molar-refractivity contribution in [3.63, 3.8) is 0 Å². The van der Waals surface area contributed by atoms with Crippen molar-refractivity contribution >= 4 is 27.5 Å². The number of nitrogens with zero attached hydrogens (tertiary/aromatic N) is 3. The summed E-state index contributed by atoms with van der Waals surface area (Å²) in [7, 11) is 1.83. The molecule has 2 rings (SSSR count). The van der Waals surface area contributed by atoms with Gasteiger partial charge in [-0.3, -0.25) is 4.79 Å². The Morgan fingerprint density at radius 1 is 1.53 bits per heavy atom. The van der Waals surface area contributed by atoms with E-state index in [0.29, 0.717) is 17.1 Å². The molecule has 0 saturated carbocycles. The molecule has 0 spiro atoms. The molecule has 0 saturated heterocycles. The van der Waals surface area contributed by atoms with E-state index in [-0.39, 0.29) is 11.9 Å². The normalized spacial score (nSPS) is 12.2. The van der Waals surface area contributed by atoms with E-state index < -0.39 is 0 Å². The molecule has 0 aliphatic carbocycles. The lowest BCUT2D eigenvalue weighted by Gasteiger charge is -2.13. The maximum absolute atomic E-state index is 12.1. The second kappa shape index (κ2) is 5.40. The standard InChI is InChI=1S/C12H14BrN5O/c1-7(11-17-15-6-18(11)2)16-12(19)8-3-4-9(13)10(14)5-8/h3-7H,14H2,1-2H3,(H,16,19). The first-order valence-corrected chi connectivity index (χ1v) is 6.48. The van der Waals surface area contributed by atoms with Gasteiger partial charge in [-0.1, -0.05) is 0 Å². The van der Waals surface area contributed by atoms with E-state index >= 15 is 0 Å². The summed E-state index contributed by atoms with van der Waals surface area (Å²) in [5.74, 6) is 0.494. The van der Waals surface area contributed by atoms with Crippen LogP contribution >= 0.6 is 15.9 Å². The molecule has 7 heteroatoms. The molecule has 6 nitrogen and oxygen atoms in total. The average Bonchev–Trinajstić information content (AvgIpc) is 2.79. The van der Waals surface area contributed by atoms with Crippen molar-refractivity contribution in [2.75, 3.05) is 5.73 Å². The molecule has 0 aliphatic rings. The van der Waals surface area contributed by atoms with Crippen LogP contribution in [0.3, 0.4) is 0 Å². The lowest BCUT2D eigenvalue weighted by Crippen LogP contribution is -2.28. The number of anilines is 1. The molecule has 0 fully saturated rings. The number of nitrogens with two attached hydrogens (primary N) is 1. The highest BCUT2D eigenvalue weighted by atomic mass is 79.9. The van der Waals surface area contributed by atoms with Gasteiger partial charge in [0.15, 0.2) is 5.82 Å². The number of rotatable bonds is 3. The van der Waals surface area contributed by atoms with Gasteiger partial charge in [0.2, 0.25) is 0 Å². The Hall–Kier alpha value is -1.89. The number of carbonyl (C=O) groups excluding carboxylic acids is 1. The van der Waals surface area contributed by atoms with E-state index in [4.69, 9.17) is 5.73 Å². The summed E-state index contributed by atoms with van der Waals surface area (Å²) >= 11 is 3.29. The zero-order valence-corrected chi connectivity index (χ0v) is 12.2. The fourth-order valence-electron chi connectivity index (χ4n) is 1.71. The molecule has 1 amide bonds. The zero-order chi connectivity index (χ0) is 14.0. The minimum absolute atomic E-state index is 0.199. The maximum atomic E-state index is 12.1. The van der Waals surface area contributed by atoms with Gasteiger partial charge in [0.25, 0.3) is 5.91 Å². The summed E-state index contributed by atoms with van der Waals surface area (Å²) in [6.07, 6.45) is 1.59. The third kappa shape index (κ3) is 2.93. The van der Waals surface area contributed by atoms with Gasteiger partial charge < -0.3 is 15.6 Å². The number of aryl methyl sites for hydroxylation is 1. The first-order valence-electron chi connectivity index (χ1n) is 5.69. The van der Waals surface area contributed by atoms with Crippen molar-refractivity contribution in [2.45, 2.75) is 13.0 Å². The zero-order valence-electron chi connectivity index (χ0n) is 10.6. The minimum atomic E-state index is -0.232. The summed E-state index contributed by atoms with van der Waals surface area (Å²) < 4.78 is 2.53.